The van der Waals surface area contributed by atoms with Gasteiger partial charge in [0.2, 0.25) is 0 Å². The van der Waals surface area contributed by atoms with E-state index in [4.69, 9.17) is 10.4 Å². The van der Waals surface area contributed by atoms with E-state index in [1.807, 2.05) is 24.3 Å². The fraction of sp³-hybridized carbons (Fsp3) is 0.429. The van der Waals surface area contributed by atoms with E-state index in [2.05, 4.69) is 11.0 Å². The molecule has 4 heteroatoms. The summed E-state index contributed by atoms with van der Waals surface area (Å²) in [7, 11) is 0. The quantitative estimate of drug-likeness (QED) is 0.882. The van der Waals surface area contributed by atoms with Crippen LogP contribution in [0.2, 0.25) is 0 Å². The zero-order valence-electron chi connectivity index (χ0n) is 10.2. The molecular formula is C14H16N2O2. The largest absolute Gasteiger partial charge is 0.481 e. The molecule has 0 aliphatic carbocycles. The highest BCUT2D eigenvalue weighted by molar-refractivity contribution is 5.66. The predicted octanol–water partition coefficient (Wildman–Crippen LogP) is 2.25. The van der Waals surface area contributed by atoms with E-state index >= 15 is 0 Å². The van der Waals surface area contributed by atoms with Gasteiger partial charge in [-0.2, -0.15) is 5.26 Å². The Morgan fingerprint density at radius 3 is 3.00 bits per heavy atom. The van der Waals surface area contributed by atoms with Crippen LogP contribution < -0.4 is 4.90 Å². The van der Waals surface area contributed by atoms with Crippen molar-refractivity contribution in [2.45, 2.75) is 19.3 Å². The number of hydrogen-bond acceptors (Lipinski definition) is 3. The summed E-state index contributed by atoms with van der Waals surface area (Å²) in [6, 6.07) is 9.77. The number of aliphatic carboxylic acids is 1. The normalized spacial score (nSPS) is 18.6. The molecule has 0 amide bonds. The third kappa shape index (κ3) is 2.80. The van der Waals surface area contributed by atoms with E-state index in [9.17, 15) is 4.79 Å². The number of hydrogen-bond donors (Lipinski definition) is 1. The van der Waals surface area contributed by atoms with Crippen molar-refractivity contribution in [3.8, 4) is 6.07 Å². The van der Waals surface area contributed by atoms with Gasteiger partial charge in [-0.25, -0.2) is 0 Å². The minimum Gasteiger partial charge on any atom is -0.481 e. The summed E-state index contributed by atoms with van der Waals surface area (Å²) in [5.74, 6) is -0.307. The van der Waals surface area contributed by atoms with E-state index in [0.29, 0.717) is 11.5 Å². The van der Waals surface area contributed by atoms with Crippen LogP contribution in [0.1, 0.15) is 24.8 Å². The molecule has 1 aromatic carbocycles. The van der Waals surface area contributed by atoms with Gasteiger partial charge in [0.1, 0.15) is 6.07 Å². The molecule has 1 saturated heterocycles. The zero-order valence-corrected chi connectivity index (χ0v) is 10.2. The van der Waals surface area contributed by atoms with Crippen molar-refractivity contribution in [1.29, 1.82) is 5.26 Å². The van der Waals surface area contributed by atoms with Crippen molar-refractivity contribution in [3.63, 3.8) is 0 Å². The Morgan fingerprint density at radius 2 is 2.28 bits per heavy atom. The van der Waals surface area contributed by atoms with Crippen LogP contribution in [0.15, 0.2) is 24.3 Å². The molecule has 18 heavy (non-hydrogen) atoms. The van der Waals surface area contributed by atoms with Gasteiger partial charge >= 0.3 is 5.97 Å². The first-order chi connectivity index (χ1) is 8.70. The summed E-state index contributed by atoms with van der Waals surface area (Å²) < 4.78 is 0. The van der Waals surface area contributed by atoms with Crippen LogP contribution in [0.25, 0.3) is 0 Å². The van der Waals surface area contributed by atoms with Gasteiger partial charge in [0, 0.05) is 19.5 Å². The number of nitriles is 1. The van der Waals surface area contributed by atoms with Crippen molar-refractivity contribution in [2.24, 2.45) is 5.92 Å². The topological polar surface area (TPSA) is 64.3 Å². The van der Waals surface area contributed by atoms with Gasteiger partial charge < -0.3 is 10.0 Å². The van der Waals surface area contributed by atoms with E-state index in [1.54, 1.807) is 0 Å². The second-order valence-electron chi connectivity index (χ2n) is 4.66. The third-order valence-electron chi connectivity index (χ3n) is 3.42. The molecule has 4 nitrogen and oxygen atoms in total. The predicted molar refractivity (Wildman–Crippen MR) is 68.3 cm³/mol. The highest BCUT2D eigenvalue weighted by Gasteiger charge is 2.24. The van der Waals surface area contributed by atoms with Crippen LogP contribution in [0.3, 0.4) is 0 Å². The average Bonchev–Trinajstić information content (AvgIpc) is 2.85. The number of carboxylic acids is 1. The molecule has 1 atom stereocenters. The van der Waals surface area contributed by atoms with Gasteiger partial charge in [0.25, 0.3) is 0 Å². The lowest BCUT2D eigenvalue weighted by Crippen LogP contribution is -2.20. The Labute approximate surface area is 106 Å². The molecule has 0 radical (unpaired) electrons. The maximum absolute atomic E-state index is 10.6. The lowest BCUT2D eigenvalue weighted by atomic mass is 10.0. The molecule has 1 fully saturated rings. The second-order valence-corrected chi connectivity index (χ2v) is 4.66. The highest BCUT2D eigenvalue weighted by atomic mass is 16.4. The van der Waals surface area contributed by atoms with Gasteiger partial charge in [-0.1, -0.05) is 12.1 Å². The van der Waals surface area contributed by atoms with Crippen LogP contribution >= 0.6 is 0 Å². The SMILES string of the molecule is N#Cc1ccccc1N1CCC(CCC(=O)O)C1. The molecule has 1 unspecified atom stereocenters. The van der Waals surface area contributed by atoms with Crippen LogP contribution in [-0.4, -0.2) is 24.2 Å². The van der Waals surface area contributed by atoms with Crippen molar-refractivity contribution in [3.05, 3.63) is 29.8 Å². The standard InChI is InChI=1S/C14H16N2O2/c15-9-12-3-1-2-4-13(12)16-8-7-11(10-16)5-6-14(17)18/h1-4,11H,5-8,10H2,(H,17,18). The van der Waals surface area contributed by atoms with E-state index in [-0.39, 0.29) is 6.42 Å². The summed E-state index contributed by atoms with van der Waals surface area (Å²) in [6.45, 7) is 1.76. The van der Waals surface area contributed by atoms with Crippen molar-refractivity contribution < 1.29 is 9.90 Å². The average molecular weight is 244 g/mol. The molecule has 0 aromatic heterocycles. The first-order valence-corrected chi connectivity index (χ1v) is 6.16. The lowest BCUT2D eigenvalue weighted by Gasteiger charge is -2.19. The van der Waals surface area contributed by atoms with Gasteiger partial charge in [-0.05, 0) is 30.9 Å². The Balaban J connectivity index is 2.00. The molecule has 0 saturated carbocycles. The second kappa shape index (κ2) is 5.54. The summed E-state index contributed by atoms with van der Waals surface area (Å²) >= 11 is 0. The molecule has 1 heterocycles. The minimum absolute atomic E-state index is 0.235. The highest BCUT2D eigenvalue weighted by Crippen LogP contribution is 2.28. The van der Waals surface area contributed by atoms with Gasteiger partial charge in [0.05, 0.1) is 11.3 Å². The van der Waals surface area contributed by atoms with Crippen molar-refractivity contribution in [1.82, 2.24) is 0 Å². The Hall–Kier alpha value is -2.02. The Kier molecular flexibility index (Phi) is 3.83. The number of benzene rings is 1. The fourth-order valence-corrected chi connectivity index (χ4v) is 2.46. The number of carboxylic acid groups (broad SMARTS) is 1. The van der Waals surface area contributed by atoms with Gasteiger partial charge in [-0.15, -0.1) is 0 Å². The minimum atomic E-state index is -0.731. The molecule has 0 bridgehead atoms. The molecule has 1 aliphatic heterocycles. The summed E-state index contributed by atoms with van der Waals surface area (Å²) in [5.41, 5.74) is 1.66. The van der Waals surface area contributed by atoms with Crippen LogP contribution in [0.5, 0.6) is 0 Å². The fourth-order valence-electron chi connectivity index (χ4n) is 2.46. The van der Waals surface area contributed by atoms with E-state index in [1.165, 1.54) is 0 Å². The van der Waals surface area contributed by atoms with Gasteiger partial charge in [0.15, 0.2) is 0 Å². The first kappa shape index (κ1) is 12.4. The third-order valence-corrected chi connectivity index (χ3v) is 3.42. The number of nitrogens with zero attached hydrogens (tertiary/aromatic N) is 2. The molecule has 2 rings (SSSR count). The molecule has 94 valence electrons. The lowest BCUT2D eigenvalue weighted by molar-refractivity contribution is -0.137. The smallest absolute Gasteiger partial charge is 0.303 e. The maximum Gasteiger partial charge on any atom is 0.303 e. The molecule has 0 spiro atoms. The molecule has 1 aliphatic rings. The van der Waals surface area contributed by atoms with E-state index in [0.717, 1.165) is 31.6 Å². The zero-order chi connectivity index (χ0) is 13.0. The summed E-state index contributed by atoms with van der Waals surface area (Å²) in [5, 5.41) is 17.7. The summed E-state index contributed by atoms with van der Waals surface area (Å²) in [4.78, 5) is 12.7. The summed E-state index contributed by atoms with van der Waals surface area (Å²) in [6.07, 6.45) is 1.96. The maximum atomic E-state index is 10.6. The van der Waals surface area contributed by atoms with Crippen molar-refractivity contribution in [2.75, 3.05) is 18.0 Å². The monoisotopic (exact) mass is 244 g/mol. The van der Waals surface area contributed by atoms with Gasteiger partial charge in [-0.3, -0.25) is 4.79 Å². The number of para-hydroxylation sites is 1. The van der Waals surface area contributed by atoms with Crippen molar-refractivity contribution >= 4 is 11.7 Å². The Morgan fingerprint density at radius 1 is 1.50 bits per heavy atom. The van der Waals surface area contributed by atoms with E-state index < -0.39 is 5.97 Å². The number of carbonyl (C=O) groups is 1. The first-order valence-electron chi connectivity index (χ1n) is 6.16. The Bertz CT molecular complexity index is 479. The number of anilines is 1. The van der Waals surface area contributed by atoms with Crippen LogP contribution in [0.4, 0.5) is 5.69 Å². The van der Waals surface area contributed by atoms with Crippen LogP contribution in [-0.2, 0) is 4.79 Å². The number of rotatable bonds is 4. The molecule has 1 aromatic rings. The van der Waals surface area contributed by atoms with Crippen LogP contribution in [0, 0.1) is 17.2 Å². The molecule has 1 N–H and O–H groups in total. The molecular weight excluding hydrogens is 228 g/mol.